The van der Waals surface area contributed by atoms with E-state index in [1.54, 1.807) is 16.4 Å². The van der Waals surface area contributed by atoms with Gasteiger partial charge < -0.3 is 9.80 Å². The van der Waals surface area contributed by atoms with Crippen LogP contribution in [0.1, 0.15) is 31.2 Å². The molecule has 0 N–H and O–H groups in total. The highest BCUT2D eigenvalue weighted by molar-refractivity contribution is 7.89. The van der Waals surface area contributed by atoms with Crippen molar-refractivity contribution in [1.82, 2.24) is 14.1 Å². The fourth-order valence-electron chi connectivity index (χ4n) is 3.88. The Morgan fingerprint density at radius 1 is 1.07 bits per heavy atom. The van der Waals surface area contributed by atoms with E-state index in [9.17, 15) is 13.2 Å². The van der Waals surface area contributed by atoms with Gasteiger partial charge in [0, 0.05) is 45.7 Å². The average molecular weight is 394 g/mol. The molecule has 2 aliphatic rings. The molecule has 2 saturated heterocycles. The van der Waals surface area contributed by atoms with Crippen LogP contribution in [0.25, 0.3) is 0 Å². The third kappa shape index (κ3) is 5.09. The van der Waals surface area contributed by atoms with E-state index in [0.29, 0.717) is 24.4 Å². The first-order valence-electron chi connectivity index (χ1n) is 9.89. The number of aryl methyl sites for hydroxylation is 1. The summed E-state index contributed by atoms with van der Waals surface area (Å²) >= 11 is 0. The summed E-state index contributed by atoms with van der Waals surface area (Å²) < 4.78 is 27.4. The first-order valence-corrected chi connectivity index (χ1v) is 11.3. The molecule has 1 unspecified atom stereocenters. The highest BCUT2D eigenvalue weighted by Gasteiger charge is 2.30. The predicted molar refractivity (Wildman–Crippen MR) is 106 cm³/mol. The standard InChI is InChI=1S/C20H31N3O3S/c1-17-5-8-19(9-6-17)27(25,26)23-11-3-4-18(16-23)7-10-20(24)22-14-12-21(2)13-15-22/h5-6,8-9,18H,3-4,7,10-16H2,1-2H3. The van der Waals surface area contributed by atoms with Gasteiger partial charge in [-0.25, -0.2) is 8.42 Å². The van der Waals surface area contributed by atoms with Crippen LogP contribution >= 0.6 is 0 Å². The zero-order valence-electron chi connectivity index (χ0n) is 16.4. The van der Waals surface area contributed by atoms with Crippen LogP contribution in [0.3, 0.4) is 0 Å². The number of rotatable bonds is 5. The Morgan fingerprint density at radius 3 is 2.41 bits per heavy atom. The highest BCUT2D eigenvalue weighted by Crippen LogP contribution is 2.26. The molecule has 0 saturated carbocycles. The van der Waals surface area contributed by atoms with E-state index in [2.05, 4.69) is 11.9 Å². The lowest BCUT2D eigenvalue weighted by Crippen LogP contribution is -2.47. The highest BCUT2D eigenvalue weighted by atomic mass is 32.2. The van der Waals surface area contributed by atoms with Gasteiger partial charge in [0.2, 0.25) is 15.9 Å². The maximum atomic E-state index is 12.9. The van der Waals surface area contributed by atoms with Gasteiger partial charge in [-0.3, -0.25) is 4.79 Å². The molecule has 3 rings (SSSR count). The van der Waals surface area contributed by atoms with Gasteiger partial charge in [-0.05, 0) is 51.3 Å². The normalized spacial score (nSPS) is 22.7. The Balaban J connectivity index is 1.54. The van der Waals surface area contributed by atoms with E-state index >= 15 is 0 Å². The number of amides is 1. The topological polar surface area (TPSA) is 60.9 Å². The number of piperazine rings is 1. The molecule has 2 aliphatic heterocycles. The summed E-state index contributed by atoms with van der Waals surface area (Å²) in [7, 11) is -1.37. The lowest BCUT2D eigenvalue weighted by molar-refractivity contribution is -0.133. The van der Waals surface area contributed by atoms with Crippen molar-refractivity contribution in [3.63, 3.8) is 0 Å². The first-order chi connectivity index (χ1) is 12.9. The zero-order chi connectivity index (χ0) is 19.4. The summed E-state index contributed by atoms with van der Waals surface area (Å²) in [5, 5.41) is 0. The van der Waals surface area contributed by atoms with E-state index in [1.165, 1.54) is 0 Å². The minimum absolute atomic E-state index is 0.210. The number of sulfonamides is 1. The van der Waals surface area contributed by atoms with Gasteiger partial charge >= 0.3 is 0 Å². The summed E-state index contributed by atoms with van der Waals surface area (Å²) in [6.07, 6.45) is 3.15. The van der Waals surface area contributed by atoms with Crippen LogP contribution < -0.4 is 0 Å². The van der Waals surface area contributed by atoms with E-state index in [4.69, 9.17) is 0 Å². The summed E-state index contributed by atoms with van der Waals surface area (Å²) in [6.45, 7) is 6.49. The molecule has 2 heterocycles. The van der Waals surface area contributed by atoms with Crippen molar-refractivity contribution in [2.24, 2.45) is 5.92 Å². The molecule has 150 valence electrons. The second-order valence-corrected chi connectivity index (χ2v) is 9.85. The van der Waals surface area contributed by atoms with Crippen molar-refractivity contribution < 1.29 is 13.2 Å². The number of carbonyl (C=O) groups excluding carboxylic acids is 1. The summed E-state index contributed by atoms with van der Waals surface area (Å²) in [5.41, 5.74) is 1.05. The quantitative estimate of drug-likeness (QED) is 0.767. The number of benzene rings is 1. The molecule has 0 bridgehead atoms. The van der Waals surface area contributed by atoms with Gasteiger partial charge in [0.05, 0.1) is 4.90 Å². The Bertz CT molecular complexity index is 740. The Kier molecular flexibility index (Phi) is 6.55. The molecule has 7 heteroatoms. The van der Waals surface area contributed by atoms with Crippen molar-refractivity contribution in [3.8, 4) is 0 Å². The van der Waals surface area contributed by atoms with Gasteiger partial charge in [0.1, 0.15) is 0 Å². The van der Waals surface area contributed by atoms with Crippen molar-refractivity contribution >= 4 is 15.9 Å². The average Bonchev–Trinajstić information content (AvgIpc) is 2.67. The van der Waals surface area contributed by atoms with Crippen LogP contribution in [0, 0.1) is 12.8 Å². The molecule has 0 aliphatic carbocycles. The third-order valence-corrected chi connectivity index (χ3v) is 7.64. The molecule has 1 atom stereocenters. The third-order valence-electron chi connectivity index (χ3n) is 5.76. The largest absolute Gasteiger partial charge is 0.340 e. The van der Waals surface area contributed by atoms with Crippen LogP contribution in [-0.2, 0) is 14.8 Å². The predicted octanol–water partition coefficient (Wildman–Crippen LogP) is 1.95. The number of nitrogens with zero attached hydrogens (tertiary/aromatic N) is 3. The lowest BCUT2D eigenvalue weighted by atomic mass is 9.94. The van der Waals surface area contributed by atoms with E-state index in [1.807, 2.05) is 24.0 Å². The Hall–Kier alpha value is -1.44. The molecule has 1 amide bonds. The van der Waals surface area contributed by atoms with Gasteiger partial charge in [-0.1, -0.05) is 17.7 Å². The monoisotopic (exact) mass is 393 g/mol. The van der Waals surface area contributed by atoms with Crippen LogP contribution in [0.2, 0.25) is 0 Å². The van der Waals surface area contributed by atoms with Crippen LogP contribution in [0.15, 0.2) is 29.2 Å². The minimum atomic E-state index is -3.44. The Labute approximate surface area is 163 Å². The molecule has 6 nitrogen and oxygen atoms in total. The number of likely N-dealkylation sites (N-methyl/N-ethyl adjacent to an activating group) is 1. The summed E-state index contributed by atoms with van der Waals surface area (Å²) in [5.74, 6) is 0.469. The molecule has 0 aromatic heterocycles. The molecular weight excluding hydrogens is 362 g/mol. The molecule has 0 spiro atoms. The smallest absolute Gasteiger partial charge is 0.243 e. The zero-order valence-corrected chi connectivity index (χ0v) is 17.2. The maximum absolute atomic E-state index is 12.9. The summed E-state index contributed by atoms with van der Waals surface area (Å²) in [4.78, 5) is 17.0. The van der Waals surface area contributed by atoms with Crippen molar-refractivity contribution in [3.05, 3.63) is 29.8 Å². The lowest BCUT2D eigenvalue weighted by Gasteiger charge is -2.34. The molecule has 27 heavy (non-hydrogen) atoms. The molecular formula is C20H31N3O3S. The fourth-order valence-corrected chi connectivity index (χ4v) is 5.44. The minimum Gasteiger partial charge on any atom is -0.340 e. The fraction of sp³-hybridized carbons (Fsp3) is 0.650. The number of piperidine rings is 1. The van der Waals surface area contributed by atoms with Gasteiger partial charge in [-0.15, -0.1) is 0 Å². The number of hydrogen-bond acceptors (Lipinski definition) is 4. The number of carbonyl (C=O) groups is 1. The van der Waals surface area contributed by atoms with Gasteiger partial charge in [-0.2, -0.15) is 4.31 Å². The van der Waals surface area contributed by atoms with E-state index in [-0.39, 0.29) is 11.8 Å². The van der Waals surface area contributed by atoms with Crippen LogP contribution in [0.5, 0.6) is 0 Å². The second-order valence-electron chi connectivity index (χ2n) is 7.91. The summed E-state index contributed by atoms with van der Waals surface area (Å²) in [6, 6.07) is 7.04. The number of hydrogen-bond donors (Lipinski definition) is 0. The van der Waals surface area contributed by atoms with Crippen molar-refractivity contribution in [1.29, 1.82) is 0 Å². The molecule has 1 aromatic carbocycles. The molecule has 1 aromatic rings. The van der Waals surface area contributed by atoms with Gasteiger partial charge in [0.25, 0.3) is 0 Å². The second kappa shape index (κ2) is 8.71. The van der Waals surface area contributed by atoms with E-state index in [0.717, 1.165) is 51.0 Å². The van der Waals surface area contributed by atoms with Crippen molar-refractivity contribution in [2.75, 3.05) is 46.3 Å². The first kappa shape index (κ1) is 20.3. The SMILES string of the molecule is Cc1ccc(S(=O)(=O)N2CCCC(CCC(=O)N3CCN(C)CC3)C2)cc1. The maximum Gasteiger partial charge on any atom is 0.243 e. The molecule has 2 fully saturated rings. The van der Waals surface area contributed by atoms with Crippen molar-refractivity contribution in [2.45, 2.75) is 37.5 Å². The molecule has 0 radical (unpaired) electrons. The van der Waals surface area contributed by atoms with Gasteiger partial charge in [0.15, 0.2) is 0 Å². The van der Waals surface area contributed by atoms with Crippen LogP contribution in [-0.4, -0.2) is 74.7 Å². The van der Waals surface area contributed by atoms with E-state index < -0.39 is 10.0 Å². The Morgan fingerprint density at radius 2 is 1.74 bits per heavy atom. The van der Waals surface area contributed by atoms with Crippen LogP contribution in [0.4, 0.5) is 0 Å².